The zero-order chi connectivity index (χ0) is 15.7. The zero-order valence-electron chi connectivity index (χ0n) is 12.3. The van der Waals surface area contributed by atoms with Crippen LogP contribution in [0.4, 0.5) is 5.69 Å². The molecule has 6 nitrogen and oxygen atoms in total. The Morgan fingerprint density at radius 1 is 1.36 bits per heavy atom. The minimum absolute atomic E-state index is 0.0480. The molecule has 0 spiro atoms. The van der Waals surface area contributed by atoms with Gasteiger partial charge in [-0.2, -0.15) is 0 Å². The van der Waals surface area contributed by atoms with Crippen molar-refractivity contribution >= 4 is 11.3 Å². The van der Waals surface area contributed by atoms with Gasteiger partial charge in [0.05, 0.1) is 17.2 Å². The molecule has 0 saturated heterocycles. The van der Waals surface area contributed by atoms with Gasteiger partial charge in [-0.25, -0.2) is 4.98 Å². The molecule has 0 saturated carbocycles. The van der Waals surface area contributed by atoms with Crippen molar-refractivity contribution in [1.29, 1.82) is 0 Å². The summed E-state index contributed by atoms with van der Waals surface area (Å²) in [5.74, 6) is 0.274. The molecule has 1 aromatic carbocycles. The first kappa shape index (κ1) is 14.1. The smallest absolute Gasteiger partial charge is 0.311 e. The number of ether oxygens (including phenoxy) is 1. The first-order valence-corrected chi connectivity index (χ1v) is 6.96. The molecule has 3 aromatic rings. The van der Waals surface area contributed by atoms with E-state index in [0.29, 0.717) is 17.9 Å². The topological polar surface area (TPSA) is 69.7 Å². The minimum Gasteiger partial charge on any atom is -0.487 e. The molecule has 2 aromatic heterocycles. The molecule has 22 heavy (non-hydrogen) atoms. The Morgan fingerprint density at radius 3 is 2.86 bits per heavy atom. The van der Waals surface area contributed by atoms with Gasteiger partial charge in [-0.1, -0.05) is 6.07 Å². The van der Waals surface area contributed by atoms with Gasteiger partial charge in [0.25, 0.3) is 0 Å². The standard InChI is InChI=1S/C16H15N3O3/c1-3-22-15-7-6-12(9-14(15)19(20)21)13-10-18-8-4-5-11(2)16(18)17-13/h4-10H,3H2,1-2H3. The number of pyridine rings is 1. The van der Waals surface area contributed by atoms with Gasteiger partial charge in [0.1, 0.15) is 5.65 Å². The van der Waals surface area contributed by atoms with Crippen LogP contribution < -0.4 is 4.74 Å². The molecule has 3 rings (SSSR count). The normalized spacial score (nSPS) is 10.8. The van der Waals surface area contributed by atoms with Gasteiger partial charge in [-0.15, -0.1) is 0 Å². The predicted octanol–water partition coefficient (Wildman–Crippen LogP) is 3.62. The lowest BCUT2D eigenvalue weighted by molar-refractivity contribution is -0.385. The van der Waals surface area contributed by atoms with Gasteiger partial charge in [0, 0.05) is 24.0 Å². The van der Waals surface area contributed by atoms with Crippen LogP contribution in [-0.4, -0.2) is 20.9 Å². The molecule has 0 N–H and O–H groups in total. The number of nitro groups is 1. The van der Waals surface area contributed by atoms with E-state index in [-0.39, 0.29) is 11.4 Å². The molecule has 0 amide bonds. The highest BCUT2D eigenvalue weighted by Gasteiger charge is 2.17. The summed E-state index contributed by atoms with van der Waals surface area (Å²) in [6, 6.07) is 8.83. The van der Waals surface area contributed by atoms with E-state index < -0.39 is 4.92 Å². The highest BCUT2D eigenvalue weighted by atomic mass is 16.6. The molecule has 0 fully saturated rings. The SMILES string of the molecule is CCOc1ccc(-c2cn3cccc(C)c3n2)cc1[N+](=O)[O-]. The van der Waals surface area contributed by atoms with Crippen molar-refractivity contribution in [3.8, 4) is 17.0 Å². The van der Waals surface area contributed by atoms with E-state index in [2.05, 4.69) is 4.98 Å². The highest BCUT2D eigenvalue weighted by Crippen LogP contribution is 2.32. The molecule has 0 atom stereocenters. The van der Waals surface area contributed by atoms with E-state index in [1.807, 2.05) is 35.9 Å². The summed E-state index contributed by atoms with van der Waals surface area (Å²) >= 11 is 0. The van der Waals surface area contributed by atoms with Crippen molar-refractivity contribution in [3.05, 3.63) is 58.4 Å². The van der Waals surface area contributed by atoms with Crippen LogP contribution in [0.2, 0.25) is 0 Å². The maximum absolute atomic E-state index is 11.2. The Labute approximate surface area is 127 Å². The summed E-state index contributed by atoms with van der Waals surface area (Å²) in [7, 11) is 0. The maximum Gasteiger partial charge on any atom is 0.311 e. The Morgan fingerprint density at radius 2 is 2.18 bits per heavy atom. The maximum atomic E-state index is 11.2. The fourth-order valence-electron chi connectivity index (χ4n) is 2.39. The van der Waals surface area contributed by atoms with Crippen LogP contribution in [0.1, 0.15) is 12.5 Å². The van der Waals surface area contributed by atoms with E-state index in [1.165, 1.54) is 6.07 Å². The van der Waals surface area contributed by atoms with Gasteiger partial charge in [0.15, 0.2) is 5.75 Å². The van der Waals surface area contributed by atoms with E-state index in [4.69, 9.17) is 4.74 Å². The van der Waals surface area contributed by atoms with Crippen LogP contribution in [0.15, 0.2) is 42.7 Å². The fraction of sp³-hybridized carbons (Fsp3) is 0.188. The number of nitro benzene ring substituents is 1. The van der Waals surface area contributed by atoms with Crippen LogP contribution in [-0.2, 0) is 0 Å². The molecule has 0 unspecified atom stereocenters. The number of imidazole rings is 1. The second-order valence-corrected chi connectivity index (χ2v) is 4.92. The third-order valence-corrected chi connectivity index (χ3v) is 3.43. The van der Waals surface area contributed by atoms with Crippen LogP contribution in [0.3, 0.4) is 0 Å². The number of hydrogen-bond acceptors (Lipinski definition) is 4. The van der Waals surface area contributed by atoms with Crippen molar-refractivity contribution in [2.24, 2.45) is 0 Å². The lowest BCUT2D eigenvalue weighted by Crippen LogP contribution is -1.97. The Balaban J connectivity index is 2.12. The zero-order valence-corrected chi connectivity index (χ0v) is 12.3. The number of aromatic nitrogens is 2. The molecule has 6 heteroatoms. The molecule has 2 heterocycles. The second-order valence-electron chi connectivity index (χ2n) is 4.92. The lowest BCUT2D eigenvalue weighted by Gasteiger charge is -2.05. The first-order valence-electron chi connectivity index (χ1n) is 6.96. The van der Waals surface area contributed by atoms with E-state index in [0.717, 1.165) is 11.2 Å². The average molecular weight is 297 g/mol. The number of hydrogen-bond donors (Lipinski definition) is 0. The lowest BCUT2D eigenvalue weighted by atomic mass is 10.1. The number of nitrogens with zero attached hydrogens (tertiary/aromatic N) is 3. The van der Waals surface area contributed by atoms with Crippen molar-refractivity contribution < 1.29 is 9.66 Å². The number of rotatable bonds is 4. The Bertz CT molecular complexity index is 855. The molecule has 0 radical (unpaired) electrons. The predicted molar refractivity (Wildman–Crippen MR) is 83.2 cm³/mol. The summed E-state index contributed by atoms with van der Waals surface area (Å²) in [5, 5.41) is 11.2. The monoisotopic (exact) mass is 297 g/mol. The molecule has 112 valence electrons. The first-order chi connectivity index (χ1) is 10.6. The molecule has 0 aliphatic heterocycles. The third kappa shape index (κ3) is 2.39. The molecular formula is C16H15N3O3. The van der Waals surface area contributed by atoms with Gasteiger partial charge in [-0.05, 0) is 37.6 Å². The van der Waals surface area contributed by atoms with E-state index in [1.54, 1.807) is 19.1 Å². The van der Waals surface area contributed by atoms with Gasteiger partial charge in [-0.3, -0.25) is 10.1 Å². The number of benzene rings is 1. The molecule has 0 aliphatic carbocycles. The van der Waals surface area contributed by atoms with E-state index in [9.17, 15) is 10.1 Å². The van der Waals surface area contributed by atoms with Gasteiger partial charge in [0.2, 0.25) is 0 Å². The molecule has 0 aliphatic rings. The summed E-state index contributed by atoms with van der Waals surface area (Å²) in [6.45, 7) is 4.16. The molecular weight excluding hydrogens is 282 g/mol. The summed E-state index contributed by atoms with van der Waals surface area (Å²) in [5.41, 5.74) is 3.23. The van der Waals surface area contributed by atoms with Crippen molar-refractivity contribution in [2.75, 3.05) is 6.61 Å². The van der Waals surface area contributed by atoms with Crippen LogP contribution >= 0.6 is 0 Å². The summed E-state index contributed by atoms with van der Waals surface area (Å²) < 4.78 is 7.21. The third-order valence-electron chi connectivity index (χ3n) is 3.43. The van der Waals surface area contributed by atoms with Gasteiger partial charge < -0.3 is 9.14 Å². The Kier molecular flexibility index (Phi) is 3.50. The van der Waals surface area contributed by atoms with Gasteiger partial charge >= 0.3 is 5.69 Å². The quantitative estimate of drug-likeness (QED) is 0.545. The average Bonchev–Trinajstić information content (AvgIpc) is 2.93. The summed E-state index contributed by atoms with van der Waals surface area (Å²) in [6.07, 6.45) is 3.77. The van der Waals surface area contributed by atoms with Crippen LogP contribution in [0, 0.1) is 17.0 Å². The fourth-order valence-corrected chi connectivity index (χ4v) is 2.39. The van der Waals surface area contributed by atoms with Crippen molar-refractivity contribution in [2.45, 2.75) is 13.8 Å². The second kappa shape index (κ2) is 5.48. The number of aryl methyl sites for hydroxylation is 1. The highest BCUT2D eigenvalue weighted by molar-refractivity contribution is 5.68. The Hall–Kier alpha value is -2.89. The number of fused-ring (bicyclic) bond motifs is 1. The van der Waals surface area contributed by atoms with Crippen LogP contribution in [0.5, 0.6) is 5.75 Å². The van der Waals surface area contributed by atoms with Crippen LogP contribution in [0.25, 0.3) is 16.9 Å². The van der Waals surface area contributed by atoms with E-state index >= 15 is 0 Å². The largest absolute Gasteiger partial charge is 0.487 e. The minimum atomic E-state index is -0.435. The molecule has 0 bridgehead atoms. The van der Waals surface area contributed by atoms with Crippen molar-refractivity contribution in [3.63, 3.8) is 0 Å². The van der Waals surface area contributed by atoms with Crippen molar-refractivity contribution in [1.82, 2.24) is 9.38 Å². The summed E-state index contributed by atoms with van der Waals surface area (Å²) in [4.78, 5) is 15.3.